The van der Waals surface area contributed by atoms with Gasteiger partial charge >= 0.3 is 0 Å². The van der Waals surface area contributed by atoms with Crippen LogP contribution in [-0.2, 0) is 16.6 Å². The smallest absolute Gasteiger partial charge is 0.210 e. The quantitative estimate of drug-likeness (QED) is 0.575. The van der Waals surface area contributed by atoms with E-state index in [1.54, 1.807) is 0 Å². The maximum absolute atomic E-state index is 10.9. The van der Waals surface area contributed by atoms with Crippen LogP contribution in [0.1, 0.15) is 12.5 Å². The number of aliphatic imine (C=N–C) groups is 1. The van der Waals surface area contributed by atoms with Crippen molar-refractivity contribution in [2.45, 2.75) is 13.5 Å². The number of benzene rings is 1. The second kappa shape index (κ2) is 8.35. The van der Waals surface area contributed by atoms with Crippen LogP contribution in [0, 0.1) is 0 Å². The van der Waals surface area contributed by atoms with Crippen molar-refractivity contribution in [3.63, 3.8) is 0 Å². The lowest BCUT2D eigenvalue weighted by molar-refractivity contribution is 0.476. The van der Waals surface area contributed by atoms with Gasteiger partial charge in [0.05, 0.1) is 12.3 Å². The fourth-order valence-electron chi connectivity index (χ4n) is 1.71. The van der Waals surface area contributed by atoms with E-state index in [0.29, 0.717) is 19.0 Å². The van der Waals surface area contributed by atoms with Crippen LogP contribution >= 0.6 is 15.9 Å². The van der Waals surface area contributed by atoms with E-state index in [-0.39, 0.29) is 12.3 Å². The molecular weight excluding hydrogens is 356 g/mol. The van der Waals surface area contributed by atoms with Crippen molar-refractivity contribution in [3.05, 3.63) is 34.3 Å². The molecule has 0 amide bonds. The van der Waals surface area contributed by atoms with Crippen molar-refractivity contribution in [1.82, 2.24) is 10.2 Å². The molecule has 21 heavy (non-hydrogen) atoms. The van der Waals surface area contributed by atoms with Crippen LogP contribution in [0.25, 0.3) is 0 Å². The van der Waals surface area contributed by atoms with E-state index in [2.05, 4.69) is 26.2 Å². The minimum atomic E-state index is -3.49. The van der Waals surface area contributed by atoms with Gasteiger partial charge in [-0.25, -0.2) is 13.6 Å². The third-order valence-electron chi connectivity index (χ3n) is 2.70. The molecule has 1 aromatic rings. The van der Waals surface area contributed by atoms with Gasteiger partial charge < -0.3 is 10.2 Å². The normalized spacial score (nSPS) is 12.3. The molecule has 0 radical (unpaired) electrons. The van der Waals surface area contributed by atoms with Crippen LogP contribution in [0.3, 0.4) is 0 Å². The first kappa shape index (κ1) is 17.9. The lowest BCUT2D eigenvalue weighted by Crippen LogP contribution is -2.39. The van der Waals surface area contributed by atoms with E-state index in [4.69, 9.17) is 5.14 Å². The zero-order chi connectivity index (χ0) is 15.9. The van der Waals surface area contributed by atoms with Gasteiger partial charge in [0.1, 0.15) is 0 Å². The monoisotopic (exact) mass is 376 g/mol. The first-order valence-electron chi connectivity index (χ1n) is 6.57. The van der Waals surface area contributed by atoms with Gasteiger partial charge in [-0.2, -0.15) is 0 Å². The van der Waals surface area contributed by atoms with Gasteiger partial charge in [-0.1, -0.05) is 34.1 Å². The van der Waals surface area contributed by atoms with Crippen molar-refractivity contribution in [3.8, 4) is 0 Å². The molecule has 6 nitrogen and oxygen atoms in total. The highest BCUT2D eigenvalue weighted by molar-refractivity contribution is 9.10. The van der Waals surface area contributed by atoms with Gasteiger partial charge in [-0.05, 0) is 18.6 Å². The van der Waals surface area contributed by atoms with Crippen molar-refractivity contribution in [2.24, 2.45) is 10.1 Å². The Hall–Kier alpha value is -1.12. The van der Waals surface area contributed by atoms with Crippen molar-refractivity contribution in [2.75, 3.05) is 25.9 Å². The first-order valence-corrected chi connectivity index (χ1v) is 9.07. The molecule has 0 unspecified atom stereocenters. The summed E-state index contributed by atoms with van der Waals surface area (Å²) in [6, 6.07) is 7.93. The lowest BCUT2D eigenvalue weighted by Gasteiger charge is -2.22. The summed E-state index contributed by atoms with van der Waals surface area (Å²) in [5.74, 6) is 0.488. The second-order valence-corrected chi connectivity index (χ2v) is 7.14. The average molecular weight is 377 g/mol. The molecule has 0 atom stereocenters. The van der Waals surface area contributed by atoms with E-state index in [0.717, 1.165) is 10.0 Å². The van der Waals surface area contributed by atoms with Gasteiger partial charge in [-0.3, -0.25) is 4.99 Å². The minimum Gasteiger partial charge on any atom is -0.357 e. The number of nitrogens with one attached hydrogen (secondary N) is 1. The summed E-state index contributed by atoms with van der Waals surface area (Å²) in [4.78, 5) is 6.22. The molecule has 0 fully saturated rings. The number of rotatable bonds is 6. The Kier molecular flexibility index (Phi) is 7.13. The standard InChI is InChI=1S/C13H21BrN4O2S/c1-3-16-13(17-8-9-21(15,19)20)18(2)10-11-6-4-5-7-12(11)14/h4-7H,3,8-10H2,1-2H3,(H,16,17)(H2,15,19,20). The van der Waals surface area contributed by atoms with Crippen molar-refractivity contribution >= 4 is 31.9 Å². The van der Waals surface area contributed by atoms with Crippen molar-refractivity contribution in [1.29, 1.82) is 0 Å². The first-order chi connectivity index (χ1) is 9.83. The predicted octanol–water partition coefficient (Wildman–Crippen LogP) is 1.13. The summed E-state index contributed by atoms with van der Waals surface area (Å²) < 4.78 is 22.9. The molecule has 1 aromatic carbocycles. The molecule has 0 aliphatic rings. The van der Waals surface area contributed by atoms with Gasteiger partial charge in [0, 0.05) is 24.6 Å². The molecular formula is C13H21BrN4O2S. The molecule has 3 N–H and O–H groups in total. The van der Waals surface area contributed by atoms with E-state index in [1.807, 2.05) is 43.1 Å². The Bertz CT molecular complexity index is 590. The number of hydrogen-bond acceptors (Lipinski definition) is 3. The largest absolute Gasteiger partial charge is 0.357 e. The number of hydrogen-bond donors (Lipinski definition) is 2. The summed E-state index contributed by atoms with van der Waals surface area (Å²) in [7, 11) is -1.59. The van der Waals surface area contributed by atoms with Crippen LogP contribution < -0.4 is 10.5 Å². The van der Waals surface area contributed by atoms with Crippen LogP contribution in [0.2, 0.25) is 0 Å². The molecule has 0 bridgehead atoms. The summed E-state index contributed by atoms with van der Waals surface area (Å²) in [5, 5.41) is 8.11. The second-order valence-electron chi connectivity index (χ2n) is 4.55. The summed E-state index contributed by atoms with van der Waals surface area (Å²) in [5.41, 5.74) is 1.12. The molecule has 118 valence electrons. The van der Waals surface area contributed by atoms with E-state index in [9.17, 15) is 8.42 Å². The predicted molar refractivity (Wildman–Crippen MR) is 89.6 cm³/mol. The van der Waals surface area contributed by atoms with Crippen LogP contribution in [0.15, 0.2) is 33.7 Å². The maximum Gasteiger partial charge on any atom is 0.210 e. The molecule has 8 heteroatoms. The molecule has 1 rings (SSSR count). The SMILES string of the molecule is CCNC(=NCCS(N)(=O)=O)N(C)Cc1ccccc1Br. The summed E-state index contributed by atoms with van der Waals surface area (Å²) in [6.45, 7) is 3.46. The number of sulfonamides is 1. The van der Waals surface area contributed by atoms with E-state index < -0.39 is 10.0 Å². The van der Waals surface area contributed by atoms with Crippen LogP contribution in [-0.4, -0.2) is 45.2 Å². The Labute approximate surface area is 134 Å². The molecule has 0 heterocycles. The number of primary sulfonamides is 1. The Morgan fingerprint density at radius 1 is 1.43 bits per heavy atom. The fourth-order valence-corrected chi connectivity index (χ4v) is 2.46. The van der Waals surface area contributed by atoms with Gasteiger partial charge in [0.15, 0.2) is 5.96 Å². The molecule has 0 saturated heterocycles. The number of guanidine groups is 1. The molecule has 0 saturated carbocycles. The average Bonchev–Trinajstić information content (AvgIpc) is 2.39. The molecule has 0 aliphatic heterocycles. The topological polar surface area (TPSA) is 87.8 Å². The third kappa shape index (κ3) is 6.92. The Morgan fingerprint density at radius 2 is 2.10 bits per heavy atom. The van der Waals surface area contributed by atoms with Crippen LogP contribution in [0.4, 0.5) is 0 Å². The zero-order valence-corrected chi connectivity index (χ0v) is 14.6. The molecule has 0 spiro atoms. The van der Waals surface area contributed by atoms with Crippen molar-refractivity contribution < 1.29 is 8.42 Å². The molecule has 0 aliphatic carbocycles. The summed E-state index contributed by atoms with van der Waals surface area (Å²) >= 11 is 3.51. The van der Waals surface area contributed by atoms with E-state index >= 15 is 0 Å². The molecule has 0 aromatic heterocycles. The summed E-state index contributed by atoms with van der Waals surface area (Å²) in [6.07, 6.45) is 0. The maximum atomic E-state index is 10.9. The third-order valence-corrected chi connectivity index (χ3v) is 4.22. The highest BCUT2D eigenvalue weighted by Gasteiger charge is 2.09. The fraction of sp³-hybridized carbons (Fsp3) is 0.462. The van der Waals surface area contributed by atoms with Gasteiger partial charge in [0.2, 0.25) is 10.0 Å². The highest BCUT2D eigenvalue weighted by atomic mass is 79.9. The highest BCUT2D eigenvalue weighted by Crippen LogP contribution is 2.17. The Morgan fingerprint density at radius 3 is 2.67 bits per heavy atom. The number of halogens is 1. The van der Waals surface area contributed by atoms with E-state index in [1.165, 1.54) is 0 Å². The zero-order valence-electron chi connectivity index (χ0n) is 12.2. The van der Waals surface area contributed by atoms with Gasteiger partial charge in [-0.15, -0.1) is 0 Å². The lowest BCUT2D eigenvalue weighted by atomic mass is 10.2. The minimum absolute atomic E-state index is 0.140. The van der Waals surface area contributed by atoms with Gasteiger partial charge in [0.25, 0.3) is 0 Å². The number of nitrogens with zero attached hydrogens (tertiary/aromatic N) is 2. The number of nitrogens with two attached hydrogens (primary N) is 1. The Balaban J connectivity index is 2.75. The van der Waals surface area contributed by atoms with Crippen LogP contribution in [0.5, 0.6) is 0 Å².